The van der Waals surface area contributed by atoms with Crippen LogP contribution in [0, 0.1) is 5.92 Å². The number of β-amino-alcohol motifs (C(OH)–C–C–N with tert-alkyl or cyclic N) is 1. The molecule has 3 heterocycles. The molecule has 1 unspecified atom stereocenters. The fourth-order valence-electron chi connectivity index (χ4n) is 3.16. The second-order valence-electron chi connectivity index (χ2n) is 6.26. The number of alkyl halides is 3. The average molecular weight is 344 g/mol. The summed E-state index contributed by atoms with van der Waals surface area (Å²) in [6.07, 6.45) is -1.49. The van der Waals surface area contributed by atoms with E-state index in [4.69, 9.17) is 0 Å². The van der Waals surface area contributed by atoms with Crippen LogP contribution in [-0.4, -0.2) is 58.2 Å². The molecule has 1 amide bonds. The second-order valence-corrected chi connectivity index (χ2v) is 6.26. The van der Waals surface area contributed by atoms with Gasteiger partial charge in [-0.2, -0.15) is 13.2 Å². The van der Waals surface area contributed by atoms with Gasteiger partial charge >= 0.3 is 6.18 Å². The summed E-state index contributed by atoms with van der Waals surface area (Å²) in [7, 11) is 0. The largest absolute Gasteiger partial charge is 0.419 e. The Morgan fingerprint density at radius 3 is 2.25 bits per heavy atom. The lowest BCUT2D eigenvalue weighted by atomic mass is 9.95. The molecule has 0 aliphatic carbocycles. The van der Waals surface area contributed by atoms with Crippen molar-refractivity contribution < 1.29 is 23.1 Å². The molecule has 6 nitrogen and oxygen atoms in total. The number of piperidine rings is 1. The standard InChI is InChI=1S/C15H19F3N4O2/c16-15(17,18)11-7-19-14(20-8-11)21-4-1-10(2-5-21)13(24)22-6-3-12(23)9-22/h7-8,10,12,23H,1-6,9H2. The third-order valence-corrected chi connectivity index (χ3v) is 4.57. The van der Waals surface area contributed by atoms with Crippen LogP contribution in [0.25, 0.3) is 0 Å². The molecule has 1 atom stereocenters. The van der Waals surface area contributed by atoms with E-state index >= 15 is 0 Å². The van der Waals surface area contributed by atoms with E-state index in [1.165, 1.54) is 0 Å². The van der Waals surface area contributed by atoms with Crippen LogP contribution in [0.15, 0.2) is 12.4 Å². The Hall–Kier alpha value is -1.90. The van der Waals surface area contributed by atoms with Crippen molar-refractivity contribution in [3.63, 3.8) is 0 Å². The topological polar surface area (TPSA) is 69.6 Å². The van der Waals surface area contributed by atoms with E-state index in [1.54, 1.807) is 9.80 Å². The van der Waals surface area contributed by atoms with Gasteiger partial charge in [-0.1, -0.05) is 0 Å². The Morgan fingerprint density at radius 1 is 1.12 bits per heavy atom. The minimum atomic E-state index is -4.45. The summed E-state index contributed by atoms with van der Waals surface area (Å²) in [5.41, 5.74) is -0.871. The third-order valence-electron chi connectivity index (χ3n) is 4.57. The van der Waals surface area contributed by atoms with Gasteiger partial charge in [0.2, 0.25) is 11.9 Å². The first-order valence-corrected chi connectivity index (χ1v) is 7.95. The van der Waals surface area contributed by atoms with Crippen molar-refractivity contribution in [3.05, 3.63) is 18.0 Å². The van der Waals surface area contributed by atoms with Crippen LogP contribution in [-0.2, 0) is 11.0 Å². The first-order valence-electron chi connectivity index (χ1n) is 7.95. The van der Waals surface area contributed by atoms with Crippen molar-refractivity contribution in [2.24, 2.45) is 5.92 Å². The highest BCUT2D eigenvalue weighted by molar-refractivity contribution is 5.79. The average Bonchev–Trinajstić information content (AvgIpc) is 3.00. The van der Waals surface area contributed by atoms with E-state index in [0.29, 0.717) is 45.4 Å². The normalized spacial score (nSPS) is 22.9. The molecule has 2 aliphatic heterocycles. The van der Waals surface area contributed by atoms with Crippen molar-refractivity contribution in [1.82, 2.24) is 14.9 Å². The van der Waals surface area contributed by atoms with Gasteiger partial charge in [0.1, 0.15) is 0 Å². The molecular weight excluding hydrogens is 325 g/mol. The summed E-state index contributed by atoms with van der Waals surface area (Å²) in [6, 6.07) is 0. The molecule has 2 fully saturated rings. The maximum atomic E-state index is 12.5. The van der Waals surface area contributed by atoms with Crippen LogP contribution in [0.4, 0.5) is 19.1 Å². The molecule has 2 aliphatic rings. The van der Waals surface area contributed by atoms with E-state index in [9.17, 15) is 23.1 Å². The molecule has 9 heteroatoms. The summed E-state index contributed by atoms with van der Waals surface area (Å²) in [5.74, 6) is 0.200. The Balaban J connectivity index is 1.56. The lowest BCUT2D eigenvalue weighted by Gasteiger charge is -2.33. The first-order chi connectivity index (χ1) is 11.3. The number of aliphatic hydroxyl groups excluding tert-OH is 1. The van der Waals surface area contributed by atoms with E-state index in [-0.39, 0.29) is 17.8 Å². The van der Waals surface area contributed by atoms with Gasteiger partial charge in [0.15, 0.2) is 0 Å². The number of aliphatic hydroxyl groups is 1. The number of carbonyl (C=O) groups is 1. The predicted molar refractivity (Wildman–Crippen MR) is 79.2 cm³/mol. The van der Waals surface area contributed by atoms with Crippen LogP contribution < -0.4 is 4.90 Å². The lowest BCUT2D eigenvalue weighted by Crippen LogP contribution is -2.42. The summed E-state index contributed by atoms with van der Waals surface area (Å²) >= 11 is 0. The van der Waals surface area contributed by atoms with Crippen LogP contribution in [0.5, 0.6) is 0 Å². The molecule has 1 aromatic rings. The van der Waals surface area contributed by atoms with Crippen molar-refractivity contribution in [3.8, 4) is 0 Å². The minimum Gasteiger partial charge on any atom is -0.391 e. The van der Waals surface area contributed by atoms with E-state index < -0.39 is 17.8 Å². The van der Waals surface area contributed by atoms with Gasteiger partial charge < -0.3 is 14.9 Å². The van der Waals surface area contributed by atoms with Crippen molar-refractivity contribution >= 4 is 11.9 Å². The molecule has 0 spiro atoms. The zero-order valence-corrected chi connectivity index (χ0v) is 13.0. The summed E-state index contributed by atoms with van der Waals surface area (Å²) in [4.78, 5) is 23.5. The second kappa shape index (κ2) is 6.54. The molecule has 1 aromatic heterocycles. The number of hydrogen-bond donors (Lipinski definition) is 1. The van der Waals surface area contributed by atoms with Gasteiger partial charge in [-0.15, -0.1) is 0 Å². The number of rotatable bonds is 2. The molecular formula is C15H19F3N4O2. The molecule has 1 N–H and O–H groups in total. The number of hydrogen-bond acceptors (Lipinski definition) is 5. The highest BCUT2D eigenvalue weighted by atomic mass is 19.4. The van der Waals surface area contributed by atoms with Crippen molar-refractivity contribution in [2.75, 3.05) is 31.1 Å². The van der Waals surface area contributed by atoms with Gasteiger partial charge in [0.25, 0.3) is 0 Å². The molecule has 0 radical (unpaired) electrons. The Morgan fingerprint density at radius 2 is 1.75 bits per heavy atom. The van der Waals surface area contributed by atoms with E-state index in [1.807, 2.05) is 0 Å². The molecule has 3 rings (SSSR count). The summed E-state index contributed by atoms with van der Waals surface area (Å²) in [5, 5.41) is 9.52. The third kappa shape index (κ3) is 3.61. The van der Waals surface area contributed by atoms with Crippen LogP contribution >= 0.6 is 0 Å². The predicted octanol–water partition coefficient (Wildman–Crippen LogP) is 1.31. The Kier molecular flexibility index (Phi) is 4.62. The highest BCUT2D eigenvalue weighted by Gasteiger charge is 2.34. The number of halogens is 3. The zero-order valence-electron chi connectivity index (χ0n) is 13.0. The molecule has 132 valence electrons. The summed E-state index contributed by atoms with van der Waals surface area (Å²) in [6.45, 7) is 2.03. The number of anilines is 1. The minimum absolute atomic E-state index is 0.0551. The van der Waals surface area contributed by atoms with Crippen molar-refractivity contribution in [2.45, 2.75) is 31.5 Å². The smallest absolute Gasteiger partial charge is 0.391 e. The fraction of sp³-hybridized carbons (Fsp3) is 0.667. The highest BCUT2D eigenvalue weighted by Crippen LogP contribution is 2.29. The summed E-state index contributed by atoms with van der Waals surface area (Å²) < 4.78 is 37.6. The maximum Gasteiger partial charge on any atom is 0.419 e. The number of likely N-dealkylation sites (tertiary alicyclic amines) is 1. The van der Waals surface area contributed by atoms with Gasteiger partial charge in [0, 0.05) is 44.5 Å². The van der Waals surface area contributed by atoms with Crippen LogP contribution in [0.3, 0.4) is 0 Å². The van der Waals surface area contributed by atoms with Gasteiger partial charge in [0.05, 0.1) is 11.7 Å². The quantitative estimate of drug-likeness (QED) is 0.876. The SMILES string of the molecule is O=C(C1CCN(c2ncc(C(F)(F)F)cn2)CC1)N1CCC(O)C1. The van der Waals surface area contributed by atoms with E-state index in [0.717, 1.165) is 12.4 Å². The number of aromatic nitrogens is 2. The van der Waals surface area contributed by atoms with Crippen LogP contribution in [0.1, 0.15) is 24.8 Å². The van der Waals surface area contributed by atoms with Gasteiger partial charge in [-0.05, 0) is 19.3 Å². The van der Waals surface area contributed by atoms with Gasteiger partial charge in [-0.3, -0.25) is 4.79 Å². The molecule has 0 aromatic carbocycles. The Bertz CT molecular complexity index is 585. The maximum absolute atomic E-state index is 12.5. The van der Waals surface area contributed by atoms with E-state index in [2.05, 4.69) is 9.97 Å². The van der Waals surface area contributed by atoms with Crippen LogP contribution in [0.2, 0.25) is 0 Å². The fourth-order valence-corrected chi connectivity index (χ4v) is 3.16. The Labute approximate surface area is 137 Å². The number of amides is 1. The molecule has 24 heavy (non-hydrogen) atoms. The monoisotopic (exact) mass is 344 g/mol. The van der Waals surface area contributed by atoms with Gasteiger partial charge in [-0.25, -0.2) is 9.97 Å². The first kappa shape index (κ1) is 16.9. The lowest BCUT2D eigenvalue weighted by molar-refractivity contribution is -0.138. The molecule has 0 saturated carbocycles. The zero-order chi connectivity index (χ0) is 17.3. The molecule has 0 bridgehead atoms. The number of carbonyl (C=O) groups excluding carboxylic acids is 1. The molecule has 2 saturated heterocycles. The van der Waals surface area contributed by atoms with Crippen molar-refractivity contribution in [1.29, 1.82) is 0 Å². The number of nitrogens with zero attached hydrogens (tertiary/aromatic N) is 4.